The average molecular weight is 349 g/mol. The van der Waals surface area contributed by atoms with E-state index in [1.54, 1.807) is 4.90 Å². The van der Waals surface area contributed by atoms with Crippen LogP contribution in [0.15, 0.2) is 48.5 Å². The molecule has 0 atom stereocenters. The van der Waals surface area contributed by atoms with Crippen LogP contribution >= 0.6 is 0 Å². The third kappa shape index (κ3) is 3.96. The van der Waals surface area contributed by atoms with Gasteiger partial charge in [-0.25, -0.2) is 4.98 Å². The number of nitrogens with one attached hydrogen (secondary N) is 1. The van der Waals surface area contributed by atoms with E-state index >= 15 is 0 Å². The zero-order valence-electron chi connectivity index (χ0n) is 15.5. The van der Waals surface area contributed by atoms with Gasteiger partial charge in [0.2, 0.25) is 0 Å². The molecule has 0 radical (unpaired) electrons. The molecule has 3 aromatic rings. The monoisotopic (exact) mass is 349 g/mol. The van der Waals surface area contributed by atoms with Crippen molar-refractivity contribution in [2.24, 2.45) is 5.41 Å². The summed E-state index contributed by atoms with van der Waals surface area (Å²) in [5.74, 6) is 0.401. The van der Waals surface area contributed by atoms with E-state index in [1.165, 1.54) is 0 Å². The quantitative estimate of drug-likeness (QED) is 0.776. The maximum Gasteiger partial charge on any atom is 0.282 e. The predicted molar refractivity (Wildman–Crippen MR) is 102 cm³/mol. The Morgan fingerprint density at radius 2 is 1.77 bits per heavy atom. The minimum absolute atomic E-state index is 0.0995. The van der Waals surface area contributed by atoms with Gasteiger partial charge in [0.15, 0.2) is 5.69 Å². The summed E-state index contributed by atoms with van der Waals surface area (Å²) in [4.78, 5) is 19.6. The molecule has 134 valence electrons. The highest BCUT2D eigenvalue weighted by molar-refractivity contribution is 6.07. The SMILES string of the molecule is Cc1cccc(N(CC(C)(C)C)C(=O)c2n[nH]nc2-c2ccccc2)n1. The van der Waals surface area contributed by atoms with Gasteiger partial charge in [-0.2, -0.15) is 15.4 Å². The number of H-pyrrole nitrogens is 1. The molecule has 0 aliphatic rings. The van der Waals surface area contributed by atoms with Crippen LogP contribution in [0.2, 0.25) is 0 Å². The van der Waals surface area contributed by atoms with Crippen molar-refractivity contribution in [1.29, 1.82) is 0 Å². The summed E-state index contributed by atoms with van der Waals surface area (Å²) in [6.07, 6.45) is 0. The second-order valence-corrected chi connectivity index (χ2v) is 7.48. The van der Waals surface area contributed by atoms with Gasteiger partial charge in [0, 0.05) is 17.8 Å². The van der Waals surface area contributed by atoms with Crippen molar-refractivity contribution >= 4 is 11.7 Å². The van der Waals surface area contributed by atoms with Gasteiger partial charge in [-0.05, 0) is 24.5 Å². The lowest BCUT2D eigenvalue weighted by Crippen LogP contribution is -2.39. The standard InChI is InChI=1S/C20H23N5O/c1-14-9-8-12-16(21-14)25(13-20(2,3)4)19(26)18-17(22-24-23-18)15-10-6-5-7-11-15/h5-12H,13H2,1-4H3,(H,22,23,24). The van der Waals surface area contributed by atoms with Crippen LogP contribution < -0.4 is 4.90 Å². The number of aromatic nitrogens is 4. The van der Waals surface area contributed by atoms with Crippen LogP contribution in [0.4, 0.5) is 5.82 Å². The van der Waals surface area contributed by atoms with Crippen molar-refractivity contribution in [3.63, 3.8) is 0 Å². The van der Waals surface area contributed by atoms with E-state index in [-0.39, 0.29) is 11.3 Å². The Kier molecular flexibility index (Phi) is 4.84. The highest BCUT2D eigenvalue weighted by Crippen LogP contribution is 2.25. The molecule has 26 heavy (non-hydrogen) atoms. The molecule has 0 spiro atoms. The lowest BCUT2D eigenvalue weighted by Gasteiger charge is -2.29. The maximum absolute atomic E-state index is 13.4. The van der Waals surface area contributed by atoms with Crippen molar-refractivity contribution in [3.8, 4) is 11.3 Å². The summed E-state index contributed by atoms with van der Waals surface area (Å²) in [6.45, 7) is 8.69. The second kappa shape index (κ2) is 7.07. The molecule has 0 fully saturated rings. The van der Waals surface area contributed by atoms with Crippen molar-refractivity contribution in [3.05, 3.63) is 59.9 Å². The molecule has 0 saturated heterocycles. The molecule has 0 aliphatic carbocycles. The largest absolute Gasteiger partial charge is 0.291 e. The summed E-state index contributed by atoms with van der Waals surface area (Å²) < 4.78 is 0. The summed E-state index contributed by atoms with van der Waals surface area (Å²) in [6, 6.07) is 15.2. The van der Waals surface area contributed by atoms with Gasteiger partial charge in [0.05, 0.1) is 0 Å². The van der Waals surface area contributed by atoms with E-state index < -0.39 is 0 Å². The molecule has 1 aromatic carbocycles. The highest BCUT2D eigenvalue weighted by atomic mass is 16.2. The molecule has 1 amide bonds. The number of carbonyl (C=O) groups is 1. The maximum atomic E-state index is 13.4. The summed E-state index contributed by atoms with van der Waals surface area (Å²) in [5.41, 5.74) is 2.44. The van der Waals surface area contributed by atoms with E-state index in [4.69, 9.17) is 0 Å². The van der Waals surface area contributed by atoms with E-state index in [0.717, 1.165) is 11.3 Å². The number of rotatable bonds is 4. The second-order valence-electron chi connectivity index (χ2n) is 7.48. The number of nitrogens with zero attached hydrogens (tertiary/aromatic N) is 4. The zero-order chi connectivity index (χ0) is 18.7. The van der Waals surface area contributed by atoms with E-state index in [0.29, 0.717) is 23.8 Å². The first-order chi connectivity index (χ1) is 12.3. The van der Waals surface area contributed by atoms with Gasteiger partial charge >= 0.3 is 0 Å². The zero-order valence-corrected chi connectivity index (χ0v) is 15.5. The first kappa shape index (κ1) is 17.8. The van der Waals surface area contributed by atoms with Crippen molar-refractivity contribution in [2.75, 3.05) is 11.4 Å². The van der Waals surface area contributed by atoms with Crippen LogP contribution in [0.25, 0.3) is 11.3 Å². The number of hydrogen-bond acceptors (Lipinski definition) is 4. The average Bonchev–Trinajstić information content (AvgIpc) is 3.09. The number of benzene rings is 1. The Balaban J connectivity index is 2.03. The number of anilines is 1. The number of aromatic amines is 1. The topological polar surface area (TPSA) is 74.8 Å². The number of pyridine rings is 1. The van der Waals surface area contributed by atoms with Crippen LogP contribution in [0.3, 0.4) is 0 Å². The van der Waals surface area contributed by atoms with Crippen molar-refractivity contribution in [2.45, 2.75) is 27.7 Å². The molecule has 1 N–H and O–H groups in total. The first-order valence-electron chi connectivity index (χ1n) is 8.57. The van der Waals surface area contributed by atoms with Gasteiger partial charge in [-0.3, -0.25) is 9.69 Å². The normalized spacial score (nSPS) is 11.4. The fourth-order valence-corrected chi connectivity index (χ4v) is 2.72. The van der Waals surface area contributed by atoms with Gasteiger partial charge in [0.1, 0.15) is 11.5 Å². The third-order valence-electron chi connectivity index (χ3n) is 3.83. The third-order valence-corrected chi connectivity index (χ3v) is 3.83. The molecule has 3 rings (SSSR count). The van der Waals surface area contributed by atoms with Crippen LogP contribution in [0.1, 0.15) is 37.0 Å². The van der Waals surface area contributed by atoms with Crippen molar-refractivity contribution in [1.82, 2.24) is 20.4 Å². The molecule has 2 aromatic heterocycles. The molecule has 6 nitrogen and oxygen atoms in total. The summed E-state index contributed by atoms with van der Waals surface area (Å²) >= 11 is 0. The number of hydrogen-bond donors (Lipinski definition) is 1. The molecular formula is C20H23N5O. The molecule has 6 heteroatoms. The van der Waals surface area contributed by atoms with Crippen LogP contribution in [0, 0.1) is 12.3 Å². The Morgan fingerprint density at radius 1 is 1.04 bits per heavy atom. The Labute approximate surface area is 153 Å². The van der Waals surface area contributed by atoms with E-state index in [9.17, 15) is 4.79 Å². The first-order valence-corrected chi connectivity index (χ1v) is 8.57. The Bertz CT molecular complexity index is 896. The van der Waals surface area contributed by atoms with Crippen LogP contribution in [-0.4, -0.2) is 32.8 Å². The van der Waals surface area contributed by atoms with E-state index in [2.05, 4.69) is 41.2 Å². The molecular weight excluding hydrogens is 326 g/mol. The molecule has 0 bridgehead atoms. The molecule has 2 heterocycles. The lowest BCUT2D eigenvalue weighted by atomic mass is 9.95. The number of carbonyl (C=O) groups excluding carboxylic acids is 1. The smallest absolute Gasteiger partial charge is 0.282 e. The van der Waals surface area contributed by atoms with E-state index in [1.807, 2.05) is 55.5 Å². The van der Waals surface area contributed by atoms with Gasteiger partial charge in [0.25, 0.3) is 5.91 Å². The summed E-state index contributed by atoms with van der Waals surface area (Å²) in [5, 5.41) is 10.9. The van der Waals surface area contributed by atoms with Crippen LogP contribution in [0.5, 0.6) is 0 Å². The Morgan fingerprint density at radius 3 is 2.42 bits per heavy atom. The summed E-state index contributed by atoms with van der Waals surface area (Å²) in [7, 11) is 0. The van der Waals surface area contributed by atoms with Gasteiger partial charge < -0.3 is 0 Å². The molecule has 0 saturated carbocycles. The predicted octanol–water partition coefficient (Wildman–Crippen LogP) is 3.87. The molecule has 0 unspecified atom stereocenters. The Hall–Kier alpha value is -3.02. The fourth-order valence-electron chi connectivity index (χ4n) is 2.72. The minimum Gasteiger partial charge on any atom is -0.291 e. The van der Waals surface area contributed by atoms with Crippen molar-refractivity contribution < 1.29 is 4.79 Å². The van der Waals surface area contributed by atoms with Gasteiger partial charge in [-0.1, -0.05) is 57.2 Å². The highest BCUT2D eigenvalue weighted by Gasteiger charge is 2.28. The van der Waals surface area contributed by atoms with Crippen LogP contribution in [-0.2, 0) is 0 Å². The fraction of sp³-hybridized carbons (Fsp3) is 0.300. The number of aryl methyl sites for hydroxylation is 1. The minimum atomic E-state index is -0.217. The lowest BCUT2D eigenvalue weighted by molar-refractivity contribution is 0.0972. The van der Waals surface area contributed by atoms with Gasteiger partial charge in [-0.15, -0.1) is 0 Å². The number of amides is 1. The molecule has 0 aliphatic heterocycles.